The van der Waals surface area contributed by atoms with Crippen LogP contribution in [0.3, 0.4) is 0 Å². The second-order valence-electron chi connectivity index (χ2n) is 8.77. The van der Waals surface area contributed by atoms with Crippen molar-refractivity contribution in [1.29, 1.82) is 0 Å². The van der Waals surface area contributed by atoms with Gasteiger partial charge in [-0.2, -0.15) is 0 Å². The number of carbonyl (C=O) groups excluding carboxylic acids is 1. The number of carboxylic acid groups (broad SMARTS) is 1. The highest BCUT2D eigenvalue weighted by Crippen LogP contribution is 2.30. The zero-order valence-corrected chi connectivity index (χ0v) is 19.0. The fraction of sp³-hybridized carbons (Fsp3) is 0.269. The molecule has 4 N–H and O–H groups in total. The number of benzene rings is 2. The predicted octanol–water partition coefficient (Wildman–Crippen LogP) is 3.05. The summed E-state index contributed by atoms with van der Waals surface area (Å²) in [4.78, 5) is 39.9. The van der Waals surface area contributed by atoms with E-state index >= 15 is 0 Å². The summed E-state index contributed by atoms with van der Waals surface area (Å²) in [6.45, 7) is 1.51. The number of carbonyl (C=O) groups is 2. The van der Waals surface area contributed by atoms with Gasteiger partial charge in [-0.3, -0.25) is 4.79 Å². The Morgan fingerprint density at radius 3 is 2.74 bits per heavy atom. The van der Waals surface area contributed by atoms with E-state index in [2.05, 4.69) is 10.3 Å². The standard InChI is InChI=1S/C26H24N2O7/c1-13(34-16-6-7-18-17-3-2-4-19(17)26(33)35-23(18)11-16)24(30)28-22(25(31)32)9-14-12-27-21-8-5-15(29)10-20(14)21/h5-8,10-13,22,27,29H,2-4,9H2,1H3,(H,28,30)(H,31,32)/t13-,22-/m0/s1. The van der Waals surface area contributed by atoms with Gasteiger partial charge in [0.05, 0.1) is 0 Å². The first kappa shape index (κ1) is 22.5. The number of carboxylic acids is 1. The van der Waals surface area contributed by atoms with Gasteiger partial charge in [-0.1, -0.05) is 0 Å². The van der Waals surface area contributed by atoms with Crippen molar-refractivity contribution >= 4 is 33.7 Å². The molecule has 0 aliphatic heterocycles. The first-order chi connectivity index (χ1) is 16.8. The van der Waals surface area contributed by atoms with E-state index in [0.29, 0.717) is 28.7 Å². The summed E-state index contributed by atoms with van der Waals surface area (Å²) >= 11 is 0. The number of hydrogen-bond acceptors (Lipinski definition) is 6. The number of H-pyrrole nitrogens is 1. The summed E-state index contributed by atoms with van der Waals surface area (Å²) < 4.78 is 11.2. The summed E-state index contributed by atoms with van der Waals surface area (Å²) in [5.74, 6) is -1.40. The third kappa shape index (κ3) is 4.32. The third-order valence-electron chi connectivity index (χ3n) is 6.42. The van der Waals surface area contributed by atoms with Crippen molar-refractivity contribution in [3.63, 3.8) is 0 Å². The van der Waals surface area contributed by atoms with E-state index in [0.717, 1.165) is 34.9 Å². The van der Waals surface area contributed by atoms with Gasteiger partial charge in [-0.25, -0.2) is 9.59 Å². The molecule has 2 heterocycles. The summed E-state index contributed by atoms with van der Waals surface area (Å²) in [6, 6.07) is 8.66. The Balaban J connectivity index is 1.30. The van der Waals surface area contributed by atoms with E-state index in [1.807, 2.05) is 6.07 Å². The first-order valence-electron chi connectivity index (χ1n) is 11.4. The van der Waals surface area contributed by atoms with Crippen LogP contribution in [0.2, 0.25) is 0 Å². The van der Waals surface area contributed by atoms with E-state index < -0.39 is 24.0 Å². The largest absolute Gasteiger partial charge is 0.508 e. The second kappa shape index (κ2) is 8.83. The summed E-state index contributed by atoms with van der Waals surface area (Å²) in [6.07, 6.45) is 3.13. The van der Waals surface area contributed by atoms with Crippen LogP contribution in [0.5, 0.6) is 11.5 Å². The highest BCUT2D eigenvalue weighted by atomic mass is 16.5. The third-order valence-corrected chi connectivity index (χ3v) is 6.42. The Kier molecular flexibility index (Phi) is 5.68. The van der Waals surface area contributed by atoms with E-state index in [9.17, 15) is 24.6 Å². The zero-order chi connectivity index (χ0) is 24.7. The van der Waals surface area contributed by atoms with Crippen LogP contribution >= 0.6 is 0 Å². The lowest BCUT2D eigenvalue weighted by Gasteiger charge is -2.19. The maximum absolute atomic E-state index is 12.8. The van der Waals surface area contributed by atoms with Crippen molar-refractivity contribution in [3.8, 4) is 11.5 Å². The fourth-order valence-electron chi connectivity index (χ4n) is 4.64. The van der Waals surface area contributed by atoms with Crippen molar-refractivity contribution < 1.29 is 29.0 Å². The van der Waals surface area contributed by atoms with Gasteiger partial charge in [0.1, 0.15) is 23.1 Å². The number of aliphatic carboxylic acids is 1. The van der Waals surface area contributed by atoms with Gasteiger partial charge in [0.25, 0.3) is 5.91 Å². The lowest BCUT2D eigenvalue weighted by Crippen LogP contribution is -2.47. The Morgan fingerprint density at radius 1 is 1.14 bits per heavy atom. The van der Waals surface area contributed by atoms with Crippen LogP contribution in [0, 0.1) is 0 Å². The molecule has 2 aromatic heterocycles. The quantitative estimate of drug-likeness (QED) is 0.300. The van der Waals surface area contributed by atoms with Gasteiger partial charge >= 0.3 is 11.6 Å². The number of nitrogens with one attached hydrogen (secondary N) is 2. The molecule has 5 rings (SSSR count). The molecule has 0 spiro atoms. The van der Waals surface area contributed by atoms with E-state index in [-0.39, 0.29) is 17.8 Å². The first-order valence-corrected chi connectivity index (χ1v) is 11.4. The summed E-state index contributed by atoms with van der Waals surface area (Å²) in [5.41, 5.74) is 3.18. The van der Waals surface area contributed by atoms with Gasteiger partial charge < -0.3 is 29.7 Å². The molecule has 0 saturated carbocycles. The van der Waals surface area contributed by atoms with E-state index in [1.165, 1.54) is 13.0 Å². The highest BCUT2D eigenvalue weighted by Gasteiger charge is 2.26. The predicted molar refractivity (Wildman–Crippen MR) is 128 cm³/mol. The minimum Gasteiger partial charge on any atom is -0.508 e. The molecule has 2 aromatic carbocycles. The molecular formula is C26H24N2O7. The Bertz CT molecular complexity index is 1520. The molecule has 0 saturated heterocycles. The molecule has 9 nitrogen and oxygen atoms in total. The number of fused-ring (bicyclic) bond motifs is 4. The molecule has 0 unspecified atom stereocenters. The lowest BCUT2D eigenvalue weighted by atomic mass is 10.0. The lowest BCUT2D eigenvalue weighted by molar-refractivity contribution is -0.142. The number of aryl methyl sites for hydroxylation is 1. The smallest absolute Gasteiger partial charge is 0.339 e. The van der Waals surface area contributed by atoms with Crippen molar-refractivity contribution in [3.05, 3.63) is 69.7 Å². The van der Waals surface area contributed by atoms with Crippen molar-refractivity contribution in [1.82, 2.24) is 10.3 Å². The SMILES string of the molecule is C[C@H](Oc1ccc2c3c(c(=O)oc2c1)CCC3)C(=O)N[C@@H](Cc1c[nH]c2ccc(O)cc12)C(=O)O. The van der Waals surface area contributed by atoms with Gasteiger partial charge in [0.15, 0.2) is 6.10 Å². The van der Waals surface area contributed by atoms with Crippen LogP contribution in [0.4, 0.5) is 0 Å². The topological polar surface area (TPSA) is 142 Å². The normalized spacial score (nSPS) is 14.5. The molecule has 180 valence electrons. The van der Waals surface area contributed by atoms with Gasteiger partial charge in [0, 0.05) is 40.5 Å². The fourth-order valence-corrected chi connectivity index (χ4v) is 4.64. The number of aromatic hydroxyl groups is 1. The average Bonchev–Trinajstić information content (AvgIpc) is 3.46. The molecule has 0 radical (unpaired) electrons. The Hall–Kier alpha value is -4.27. The Morgan fingerprint density at radius 2 is 1.94 bits per heavy atom. The van der Waals surface area contributed by atoms with Crippen molar-refractivity contribution in [2.24, 2.45) is 0 Å². The number of phenolic OH excluding ortho intramolecular Hbond substituents is 1. The van der Waals surface area contributed by atoms with Crippen LogP contribution < -0.4 is 15.7 Å². The number of aromatic nitrogens is 1. The maximum Gasteiger partial charge on any atom is 0.339 e. The van der Waals surface area contributed by atoms with Gasteiger partial charge in [-0.15, -0.1) is 0 Å². The van der Waals surface area contributed by atoms with Crippen LogP contribution in [0.1, 0.15) is 30.0 Å². The van der Waals surface area contributed by atoms with Crippen LogP contribution in [0.25, 0.3) is 21.9 Å². The molecule has 1 amide bonds. The molecule has 1 aliphatic rings. The summed E-state index contributed by atoms with van der Waals surface area (Å²) in [7, 11) is 0. The number of phenols is 1. The molecule has 1 aliphatic carbocycles. The summed E-state index contributed by atoms with van der Waals surface area (Å²) in [5, 5.41) is 23.5. The van der Waals surface area contributed by atoms with Gasteiger partial charge in [-0.05, 0) is 67.6 Å². The van der Waals surface area contributed by atoms with Gasteiger partial charge in [0.2, 0.25) is 0 Å². The monoisotopic (exact) mass is 476 g/mol. The minimum absolute atomic E-state index is 0.0173. The molecule has 0 fully saturated rings. The molecule has 0 bridgehead atoms. The number of hydrogen-bond donors (Lipinski definition) is 4. The van der Waals surface area contributed by atoms with Crippen molar-refractivity contribution in [2.45, 2.75) is 44.8 Å². The number of amides is 1. The van der Waals surface area contributed by atoms with E-state index in [4.69, 9.17) is 9.15 Å². The number of rotatable bonds is 7. The van der Waals surface area contributed by atoms with Crippen LogP contribution in [-0.4, -0.2) is 39.2 Å². The number of aromatic amines is 1. The molecule has 9 heteroatoms. The Labute approximate surface area is 199 Å². The molecule has 35 heavy (non-hydrogen) atoms. The van der Waals surface area contributed by atoms with Crippen LogP contribution in [-0.2, 0) is 28.9 Å². The second-order valence-corrected chi connectivity index (χ2v) is 8.77. The van der Waals surface area contributed by atoms with Crippen molar-refractivity contribution in [2.75, 3.05) is 0 Å². The zero-order valence-electron chi connectivity index (χ0n) is 19.0. The number of ether oxygens (including phenoxy) is 1. The molecule has 4 aromatic rings. The average molecular weight is 476 g/mol. The molecule has 2 atom stereocenters. The van der Waals surface area contributed by atoms with Crippen LogP contribution in [0.15, 0.2) is 51.8 Å². The van der Waals surface area contributed by atoms with E-state index in [1.54, 1.807) is 30.5 Å². The maximum atomic E-state index is 12.8. The highest BCUT2D eigenvalue weighted by molar-refractivity contribution is 5.89. The molecular weight excluding hydrogens is 452 g/mol. The minimum atomic E-state index is -1.20.